The number of ether oxygens (including phenoxy) is 4. The van der Waals surface area contributed by atoms with Gasteiger partial charge in [0.25, 0.3) is 0 Å². The summed E-state index contributed by atoms with van der Waals surface area (Å²) in [5.41, 5.74) is 11.6. The van der Waals surface area contributed by atoms with Gasteiger partial charge < -0.3 is 24.4 Å². The number of fused-ring (bicyclic) bond motifs is 1. The largest absolute Gasteiger partial charge is 0.459 e. The van der Waals surface area contributed by atoms with Crippen LogP contribution in [0.2, 0.25) is 0 Å². The number of nitrogens with zero attached hydrogens (tertiary/aromatic N) is 3. The molecule has 0 saturated carbocycles. The lowest BCUT2D eigenvalue weighted by molar-refractivity contribution is -0.210. The molecule has 5 rings (SSSR count). The van der Waals surface area contributed by atoms with Gasteiger partial charge in [0.1, 0.15) is 24.9 Å². The van der Waals surface area contributed by atoms with Crippen molar-refractivity contribution in [1.29, 1.82) is 5.41 Å². The van der Waals surface area contributed by atoms with Crippen LogP contribution < -0.4 is 0 Å². The summed E-state index contributed by atoms with van der Waals surface area (Å²) in [6, 6.07) is 31.5. The van der Waals surface area contributed by atoms with Gasteiger partial charge in [-0.15, -0.1) is 0 Å². The maximum Gasteiger partial charge on any atom is 0.338 e. The molecule has 41 heavy (non-hydrogen) atoms. The Kier molecular flexibility index (Phi) is 9.36. The Balaban J connectivity index is 1.42. The van der Waals surface area contributed by atoms with Gasteiger partial charge in [0, 0.05) is 11.1 Å². The lowest BCUT2D eigenvalue weighted by Gasteiger charge is -2.43. The average Bonchev–Trinajstić information content (AvgIpc) is 3.03. The molecular weight excluding hydrogens is 520 g/mol. The van der Waals surface area contributed by atoms with E-state index in [0.717, 1.165) is 28.1 Å². The van der Waals surface area contributed by atoms with Crippen molar-refractivity contribution in [3.63, 3.8) is 0 Å². The van der Waals surface area contributed by atoms with Gasteiger partial charge in [-0.1, -0.05) is 90.0 Å². The molecule has 1 fully saturated rings. The van der Waals surface area contributed by atoms with E-state index in [1.807, 2.05) is 72.8 Å². The predicted molar refractivity (Wildman–Crippen MR) is 155 cm³/mol. The number of carbonyl (C=O) groups is 1. The van der Waals surface area contributed by atoms with Crippen molar-refractivity contribution < 1.29 is 23.7 Å². The summed E-state index contributed by atoms with van der Waals surface area (Å²) >= 11 is 0. The Bertz CT molecular complexity index is 1510. The van der Waals surface area contributed by atoms with Gasteiger partial charge >= 0.3 is 5.97 Å². The van der Waals surface area contributed by atoms with Crippen LogP contribution in [0.5, 0.6) is 0 Å². The van der Waals surface area contributed by atoms with E-state index < -0.39 is 36.4 Å². The zero-order valence-corrected chi connectivity index (χ0v) is 22.3. The molecule has 0 radical (unpaired) electrons. The highest BCUT2D eigenvalue weighted by molar-refractivity contribution is 5.89. The van der Waals surface area contributed by atoms with Crippen LogP contribution in [0.3, 0.4) is 0 Å². The zero-order chi connectivity index (χ0) is 28.4. The topological polar surface area (TPSA) is 127 Å². The van der Waals surface area contributed by atoms with Crippen LogP contribution in [0, 0.1) is 5.41 Å². The van der Waals surface area contributed by atoms with Crippen LogP contribution in [-0.2, 0) is 32.2 Å². The van der Waals surface area contributed by atoms with Crippen molar-refractivity contribution in [3.05, 3.63) is 130 Å². The molecule has 3 unspecified atom stereocenters. The number of carbonyl (C=O) groups excluding carboxylic acids is 1. The number of rotatable bonds is 11. The molecule has 1 heterocycles. The molecule has 0 aliphatic carbocycles. The van der Waals surface area contributed by atoms with Crippen molar-refractivity contribution in [2.75, 3.05) is 6.61 Å². The van der Waals surface area contributed by atoms with Gasteiger partial charge in [0.05, 0.1) is 30.9 Å². The zero-order valence-electron chi connectivity index (χ0n) is 22.3. The molecule has 5 atom stereocenters. The Morgan fingerprint density at radius 1 is 0.854 bits per heavy atom. The number of nitrogens with one attached hydrogen (secondary N) is 1. The molecule has 9 heteroatoms. The highest BCUT2D eigenvalue weighted by atomic mass is 16.6. The first-order valence-electron chi connectivity index (χ1n) is 13.3. The standard InChI is InChI=1S/C32H30N4O5/c33-18-27-29(35-36-34)31(39-19-22-9-3-1-4-10-22)30(28(41-27)21-40-32(37)25-12-5-2-6-13-25)38-20-23-15-16-24-11-7-8-14-26(24)17-23/h1-18,27-31,33H,19-21H2/t27?,28?,29-,30?,31-/m1/s1. The minimum absolute atomic E-state index is 0.144. The number of hydrogen-bond donors (Lipinski definition) is 1. The highest BCUT2D eigenvalue weighted by Crippen LogP contribution is 2.30. The highest BCUT2D eigenvalue weighted by Gasteiger charge is 2.47. The van der Waals surface area contributed by atoms with E-state index in [0.29, 0.717) is 5.56 Å². The number of benzene rings is 4. The van der Waals surface area contributed by atoms with Gasteiger partial charge in [0.15, 0.2) is 0 Å². The van der Waals surface area contributed by atoms with E-state index in [4.69, 9.17) is 24.4 Å². The number of esters is 1. The Hall–Kier alpha value is -4.53. The van der Waals surface area contributed by atoms with Gasteiger partial charge in [-0.25, -0.2) is 4.79 Å². The summed E-state index contributed by atoms with van der Waals surface area (Å²) in [7, 11) is 0. The maximum absolute atomic E-state index is 12.7. The van der Waals surface area contributed by atoms with Crippen molar-refractivity contribution in [1.82, 2.24) is 0 Å². The summed E-state index contributed by atoms with van der Waals surface area (Å²) in [5.74, 6) is -0.507. The third-order valence-electron chi connectivity index (χ3n) is 6.97. The van der Waals surface area contributed by atoms with Crippen molar-refractivity contribution in [2.24, 2.45) is 5.11 Å². The minimum Gasteiger partial charge on any atom is -0.459 e. The molecule has 9 nitrogen and oxygen atoms in total. The molecule has 1 aliphatic heterocycles. The number of hydrogen-bond acceptors (Lipinski definition) is 7. The van der Waals surface area contributed by atoms with Gasteiger partial charge in [-0.3, -0.25) is 0 Å². The smallest absolute Gasteiger partial charge is 0.338 e. The van der Waals surface area contributed by atoms with E-state index >= 15 is 0 Å². The van der Waals surface area contributed by atoms with Gasteiger partial charge in [-0.05, 0) is 45.6 Å². The molecule has 1 saturated heterocycles. The van der Waals surface area contributed by atoms with Crippen LogP contribution in [-0.4, -0.2) is 49.2 Å². The Morgan fingerprint density at radius 2 is 1.51 bits per heavy atom. The fraction of sp³-hybridized carbons (Fsp3) is 0.250. The molecule has 1 aliphatic rings. The summed E-state index contributed by atoms with van der Waals surface area (Å²) in [6.45, 7) is 0.292. The monoisotopic (exact) mass is 550 g/mol. The second-order valence-electron chi connectivity index (χ2n) is 9.68. The average molecular weight is 551 g/mol. The maximum atomic E-state index is 12.7. The normalized spacial score (nSPS) is 22.0. The molecule has 0 spiro atoms. The van der Waals surface area contributed by atoms with Crippen LogP contribution >= 0.6 is 0 Å². The SMILES string of the molecule is [N-]=[N+]=N[C@@H]1C(C=N)OC(COC(=O)c2ccccc2)C(OCc2ccc3ccccc3c2)[C@@H]1OCc1ccccc1. The first-order valence-corrected chi connectivity index (χ1v) is 13.3. The molecule has 0 bridgehead atoms. The van der Waals surface area contributed by atoms with Gasteiger partial charge in [-0.2, -0.15) is 0 Å². The lowest BCUT2D eigenvalue weighted by atomic mass is 9.93. The Labute approximate surface area is 237 Å². The predicted octanol–water partition coefficient (Wildman–Crippen LogP) is 6.26. The van der Waals surface area contributed by atoms with E-state index in [1.165, 1.54) is 0 Å². The van der Waals surface area contributed by atoms with Crippen LogP contribution in [0.4, 0.5) is 0 Å². The molecule has 1 N–H and O–H groups in total. The molecule has 0 aromatic heterocycles. The van der Waals surface area contributed by atoms with Crippen molar-refractivity contribution >= 4 is 23.0 Å². The fourth-order valence-corrected chi connectivity index (χ4v) is 4.91. The molecular formula is C32H30N4O5. The van der Waals surface area contributed by atoms with Crippen LogP contribution in [0.25, 0.3) is 21.2 Å². The third-order valence-corrected chi connectivity index (χ3v) is 6.97. The third kappa shape index (κ3) is 6.98. The Morgan fingerprint density at radius 3 is 2.24 bits per heavy atom. The van der Waals surface area contributed by atoms with Crippen LogP contribution in [0.15, 0.2) is 108 Å². The second kappa shape index (κ2) is 13.7. The summed E-state index contributed by atoms with van der Waals surface area (Å²) in [4.78, 5) is 15.8. The minimum atomic E-state index is -0.896. The second-order valence-corrected chi connectivity index (χ2v) is 9.68. The first-order chi connectivity index (χ1) is 20.2. The van der Waals surface area contributed by atoms with Crippen LogP contribution in [0.1, 0.15) is 21.5 Å². The molecule has 4 aromatic carbocycles. The number of azide groups is 1. The van der Waals surface area contributed by atoms with Crippen molar-refractivity contribution in [2.45, 2.75) is 43.7 Å². The van der Waals surface area contributed by atoms with E-state index in [9.17, 15) is 10.3 Å². The van der Waals surface area contributed by atoms with E-state index in [-0.39, 0.29) is 19.8 Å². The molecule has 4 aromatic rings. The van der Waals surface area contributed by atoms with Crippen molar-refractivity contribution in [3.8, 4) is 0 Å². The summed E-state index contributed by atoms with van der Waals surface area (Å²) in [6.07, 6.45) is -2.18. The quantitative estimate of drug-likeness (QED) is 0.0775. The lowest BCUT2D eigenvalue weighted by Crippen LogP contribution is -2.60. The first kappa shape index (κ1) is 28.0. The van der Waals surface area contributed by atoms with Gasteiger partial charge in [0.2, 0.25) is 0 Å². The van der Waals surface area contributed by atoms with E-state index in [2.05, 4.69) is 16.1 Å². The summed E-state index contributed by atoms with van der Waals surface area (Å²) < 4.78 is 24.6. The summed E-state index contributed by atoms with van der Waals surface area (Å²) in [5, 5.41) is 14.1. The fourth-order valence-electron chi connectivity index (χ4n) is 4.91. The molecule has 208 valence electrons. The van der Waals surface area contributed by atoms with E-state index in [1.54, 1.807) is 24.3 Å². The molecule has 0 amide bonds.